The fourth-order valence-electron chi connectivity index (χ4n) is 1.55. The van der Waals surface area contributed by atoms with Crippen molar-refractivity contribution in [2.75, 3.05) is 5.32 Å². The van der Waals surface area contributed by atoms with E-state index in [1.54, 1.807) is 18.2 Å². The maximum atomic E-state index is 10.7. The van der Waals surface area contributed by atoms with Crippen LogP contribution in [-0.4, -0.2) is 4.92 Å². The number of rotatable bonds is 3. The van der Waals surface area contributed by atoms with Crippen LogP contribution in [0.25, 0.3) is 0 Å². The largest absolute Gasteiger partial charge is 0.355 e. The number of nitro groups is 1. The van der Waals surface area contributed by atoms with Crippen molar-refractivity contribution in [1.82, 2.24) is 0 Å². The number of nitrogens with one attached hydrogen (secondary N) is 1. The lowest BCUT2D eigenvalue weighted by Gasteiger charge is -2.06. The van der Waals surface area contributed by atoms with Crippen LogP contribution in [0.2, 0.25) is 0 Å². The summed E-state index contributed by atoms with van der Waals surface area (Å²) in [5.41, 5.74) is 2.25. The molecule has 0 aromatic heterocycles. The van der Waals surface area contributed by atoms with Crippen LogP contribution in [-0.2, 0) is 0 Å². The molecule has 2 rings (SSSR count). The van der Waals surface area contributed by atoms with Crippen molar-refractivity contribution in [2.24, 2.45) is 0 Å². The number of non-ortho nitro benzene ring substituents is 1. The van der Waals surface area contributed by atoms with Gasteiger partial charge in [0.1, 0.15) is 0 Å². The molecule has 0 spiro atoms. The van der Waals surface area contributed by atoms with Crippen LogP contribution in [0.4, 0.5) is 17.1 Å². The zero-order chi connectivity index (χ0) is 13.0. The normalized spacial score (nSPS) is 9.50. The summed E-state index contributed by atoms with van der Waals surface area (Å²) in [4.78, 5) is 10.2. The molecule has 0 bridgehead atoms. The molecule has 0 aliphatic heterocycles. The molecule has 0 saturated carbocycles. The average Bonchev–Trinajstić information content (AvgIpc) is 2.39. The molecular weight excluding hydrogens is 228 g/mol. The van der Waals surface area contributed by atoms with Crippen molar-refractivity contribution in [3.05, 3.63) is 64.2 Å². The summed E-state index contributed by atoms with van der Waals surface area (Å²) in [5.74, 6) is 2.53. The minimum atomic E-state index is -0.428. The SMILES string of the molecule is C#Cc1cccc(Nc2cccc([N+](=O)[O-])c2)c1. The molecule has 0 unspecified atom stereocenters. The quantitative estimate of drug-likeness (QED) is 0.507. The van der Waals surface area contributed by atoms with Crippen LogP contribution in [0.3, 0.4) is 0 Å². The third-order valence-electron chi connectivity index (χ3n) is 2.37. The summed E-state index contributed by atoms with van der Waals surface area (Å²) in [5, 5.41) is 13.7. The van der Waals surface area contributed by atoms with Crippen LogP contribution in [0, 0.1) is 22.5 Å². The third kappa shape index (κ3) is 2.66. The molecule has 0 aliphatic carbocycles. The van der Waals surface area contributed by atoms with Crippen molar-refractivity contribution in [3.8, 4) is 12.3 Å². The predicted octanol–water partition coefficient (Wildman–Crippen LogP) is 3.32. The fraction of sp³-hybridized carbons (Fsp3) is 0. The van der Waals surface area contributed by atoms with E-state index in [1.807, 2.05) is 18.2 Å². The maximum absolute atomic E-state index is 10.7. The summed E-state index contributed by atoms with van der Waals surface area (Å²) in [6.45, 7) is 0. The van der Waals surface area contributed by atoms with Crippen LogP contribution in [0.15, 0.2) is 48.5 Å². The van der Waals surface area contributed by atoms with E-state index in [9.17, 15) is 10.1 Å². The topological polar surface area (TPSA) is 55.2 Å². The van der Waals surface area contributed by atoms with Gasteiger partial charge in [-0.15, -0.1) is 6.42 Å². The van der Waals surface area contributed by atoms with E-state index in [0.29, 0.717) is 5.69 Å². The first kappa shape index (κ1) is 11.7. The second-order valence-electron chi connectivity index (χ2n) is 3.66. The van der Waals surface area contributed by atoms with Crippen LogP contribution in [0.5, 0.6) is 0 Å². The minimum Gasteiger partial charge on any atom is -0.355 e. The Bertz CT molecular complexity index is 630. The predicted molar refractivity (Wildman–Crippen MR) is 70.8 cm³/mol. The van der Waals surface area contributed by atoms with Crippen LogP contribution >= 0.6 is 0 Å². The Balaban J connectivity index is 2.26. The lowest BCUT2D eigenvalue weighted by molar-refractivity contribution is -0.384. The van der Waals surface area contributed by atoms with Gasteiger partial charge < -0.3 is 5.32 Å². The van der Waals surface area contributed by atoms with Gasteiger partial charge in [0.25, 0.3) is 5.69 Å². The Morgan fingerprint density at radius 3 is 2.44 bits per heavy atom. The highest BCUT2D eigenvalue weighted by molar-refractivity contribution is 5.63. The van der Waals surface area contributed by atoms with Gasteiger partial charge in [0.05, 0.1) is 4.92 Å². The number of nitro benzene ring substituents is 1. The molecule has 0 saturated heterocycles. The van der Waals surface area contributed by atoms with Crippen LogP contribution in [0.1, 0.15) is 5.56 Å². The standard InChI is InChI=1S/C14H10N2O2/c1-2-11-5-3-6-12(9-11)15-13-7-4-8-14(10-13)16(17)18/h1,3-10,15H. The molecule has 0 fully saturated rings. The highest BCUT2D eigenvalue weighted by Crippen LogP contribution is 2.21. The van der Waals surface area contributed by atoms with Gasteiger partial charge in [0, 0.05) is 29.1 Å². The van der Waals surface area contributed by atoms with Gasteiger partial charge in [0.2, 0.25) is 0 Å². The number of hydrogen-bond donors (Lipinski definition) is 1. The second kappa shape index (κ2) is 5.02. The molecule has 4 heteroatoms. The van der Waals surface area contributed by atoms with Gasteiger partial charge >= 0.3 is 0 Å². The van der Waals surface area contributed by atoms with E-state index in [0.717, 1.165) is 11.3 Å². The number of terminal acetylenes is 1. The smallest absolute Gasteiger partial charge is 0.271 e. The zero-order valence-corrected chi connectivity index (χ0v) is 9.46. The molecule has 0 radical (unpaired) electrons. The molecular formula is C14H10N2O2. The lowest BCUT2D eigenvalue weighted by Crippen LogP contribution is -1.93. The summed E-state index contributed by atoms with van der Waals surface area (Å²) in [6.07, 6.45) is 5.31. The van der Waals surface area contributed by atoms with Crippen molar-refractivity contribution in [3.63, 3.8) is 0 Å². The van der Waals surface area contributed by atoms with Crippen molar-refractivity contribution in [2.45, 2.75) is 0 Å². The van der Waals surface area contributed by atoms with Gasteiger partial charge in [-0.3, -0.25) is 10.1 Å². The summed E-state index contributed by atoms with van der Waals surface area (Å²) in [6, 6.07) is 13.6. The summed E-state index contributed by atoms with van der Waals surface area (Å²) < 4.78 is 0. The Hall–Kier alpha value is -2.80. The van der Waals surface area contributed by atoms with E-state index in [2.05, 4.69) is 11.2 Å². The molecule has 2 aromatic carbocycles. The maximum Gasteiger partial charge on any atom is 0.271 e. The van der Waals surface area contributed by atoms with Gasteiger partial charge in [0.15, 0.2) is 0 Å². The first-order valence-electron chi connectivity index (χ1n) is 5.27. The van der Waals surface area contributed by atoms with E-state index >= 15 is 0 Å². The van der Waals surface area contributed by atoms with Gasteiger partial charge in [-0.2, -0.15) is 0 Å². The fourth-order valence-corrected chi connectivity index (χ4v) is 1.55. The third-order valence-corrected chi connectivity index (χ3v) is 2.37. The molecule has 4 nitrogen and oxygen atoms in total. The molecule has 88 valence electrons. The molecule has 0 atom stereocenters. The molecule has 0 heterocycles. The van der Waals surface area contributed by atoms with Gasteiger partial charge in [-0.1, -0.05) is 18.1 Å². The molecule has 18 heavy (non-hydrogen) atoms. The highest BCUT2D eigenvalue weighted by atomic mass is 16.6. The number of anilines is 2. The Labute approximate surface area is 104 Å². The van der Waals surface area contributed by atoms with E-state index < -0.39 is 4.92 Å². The van der Waals surface area contributed by atoms with E-state index in [4.69, 9.17) is 6.42 Å². The monoisotopic (exact) mass is 238 g/mol. The van der Waals surface area contributed by atoms with Gasteiger partial charge in [-0.25, -0.2) is 0 Å². The van der Waals surface area contributed by atoms with Crippen molar-refractivity contribution >= 4 is 17.1 Å². The summed E-state index contributed by atoms with van der Waals surface area (Å²) in [7, 11) is 0. The number of benzene rings is 2. The van der Waals surface area contributed by atoms with Crippen molar-refractivity contribution < 1.29 is 4.92 Å². The Kier molecular flexibility index (Phi) is 3.26. The minimum absolute atomic E-state index is 0.0492. The summed E-state index contributed by atoms with van der Waals surface area (Å²) >= 11 is 0. The average molecular weight is 238 g/mol. The zero-order valence-electron chi connectivity index (χ0n) is 9.46. The van der Waals surface area contributed by atoms with E-state index in [1.165, 1.54) is 12.1 Å². The Morgan fingerprint density at radius 2 is 1.78 bits per heavy atom. The highest BCUT2D eigenvalue weighted by Gasteiger charge is 2.05. The van der Waals surface area contributed by atoms with E-state index in [-0.39, 0.29) is 5.69 Å². The van der Waals surface area contributed by atoms with Crippen molar-refractivity contribution in [1.29, 1.82) is 0 Å². The molecule has 1 N–H and O–H groups in total. The number of nitrogens with zero attached hydrogens (tertiary/aromatic N) is 1. The lowest BCUT2D eigenvalue weighted by atomic mass is 10.2. The molecule has 2 aromatic rings. The first-order chi connectivity index (χ1) is 8.69. The molecule has 0 aliphatic rings. The molecule has 0 amide bonds. The Morgan fingerprint density at radius 1 is 1.11 bits per heavy atom. The van der Waals surface area contributed by atoms with Crippen LogP contribution < -0.4 is 5.32 Å². The van der Waals surface area contributed by atoms with Gasteiger partial charge in [-0.05, 0) is 24.3 Å². The number of hydrogen-bond acceptors (Lipinski definition) is 3. The first-order valence-corrected chi connectivity index (χ1v) is 5.27. The second-order valence-corrected chi connectivity index (χ2v) is 3.66.